The molecular formula is C11H21Cl. The van der Waals surface area contributed by atoms with Gasteiger partial charge in [-0.15, -0.1) is 11.6 Å². The molecule has 1 aliphatic rings. The van der Waals surface area contributed by atoms with Crippen LogP contribution in [-0.2, 0) is 0 Å². The van der Waals surface area contributed by atoms with Gasteiger partial charge in [0.1, 0.15) is 0 Å². The van der Waals surface area contributed by atoms with E-state index in [2.05, 4.69) is 20.8 Å². The summed E-state index contributed by atoms with van der Waals surface area (Å²) in [6.07, 6.45) is 5.65. The fourth-order valence-electron chi connectivity index (χ4n) is 2.33. The van der Waals surface area contributed by atoms with Crippen LogP contribution in [0.2, 0.25) is 0 Å². The third-order valence-corrected chi connectivity index (χ3v) is 3.84. The number of halogens is 1. The van der Waals surface area contributed by atoms with E-state index in [0.717, 1.165) is 11.8 Å². The second-order valence-corrected chi connectivity index (χ2v) is 5.26. The van der Waals surface area contributed by atoms with Gasteiger partial charge in [0.2, 0.25) is 0 Å². The molecular weight excluding hydrogens is 168 g/mol. The monoisotopic (exact) mass is 188 g/mol. The van der Waals surface area contributed by atoms with Gasteiger partial charge in [-0.1, -0.05) is 33.1 Å². The minimum absolute atomic E-state index is 0.347. The first-order chi connectivity index (χ1) is 5.61. The maximum absolute atomic E-state index is 6.11. The number of rotatable bonds is 2. The van der Waals surface area contributed by atoms with Gasteiger partial charge in [0, 0.05) is 5.38 Å². The largest absolute Gasteiger partial charge is 0.123 e. The predicted octanol–water partition coefficient (Wildman–Crippen LogP) is 4.08. The highest BCUT2D eigenvalue weighted by atomic mass is 35.5. The average Bonchev–Trinajstić information content (AvgIpc) is 2.03. The Hall–Kier alpha value is 0.290. The van der Waals surface area contributed by atoms with Gasteiger partial charge < -0.3 is 0 Å². The van der Waals surface area contributed by atoms with Crippen LogP contribution in [0.4, 0.5) is 0 Å². The molecule has 0 nitrogen and oxygen atoms in total. The Balaban J connectivity index is 2.40. The minimum Gasteiger partial charge on any atom is -0.123 e. The summed E-state index contributed by atoms with van der Waals surface area (Å²) in [5.41, 5.74) is 0. The van der Waals surface area contributed by atoms with Crippen LogP contribution in [0.15, 0.2) is 0 Å². The summed E-state index contributed by atoms with van der Waals surface area (Å²) in [5.74, 6) is 2.53. The number of hydrogen-bond acceptors (Lipinski definition) is 0. The Labute approximate surface area is 81.7 Å². The average molecular weight is 189 g/mol. The van der Waals surface area contributed by atoms with Crippen LogP contribution in [0.1, 0.15) is 46.5 Å². The van der Waals surface area contributed by atoms with E-state index >= 15 is 0 Å². The fourth-order valence-corrected chi connectivity index (χ4v) is 2.54. The summed E-state index contributed by atoms with van der Waals surface area (Å²) >= 11 is 6.11. The first kappa shape index (κ1) is 10.4. The van der Waals surface area contributed by atoms with Crippen molar-refractivity contribution in [3.05, 3.63) is 0 Å². The van der Waals surface area contributed by atoms with Crippen LogP contribution in [0, 0.1) is 17.8 Å². The Morgan fingerprint density at radius 2 is 1.92 bits per heavy atom. The maximum Gasteiger partial charge on any atom is 0.0336 e. The summed E-state index contributed by atoms with van der Waals surface area (Å²) in [4.78, 5) is 0. The molecule has 4 atom stereocenters. The van der Waals surface area contributed by atoms with Crippen molar-refractivity contribution in [1.29, 1.82) is 0 Å². The quantitative estimate of drug-likeness (QED) is 0.573. The maximum atomic E-state index is 6.11. The van der Waals surface area contributed by atoms with Gasteiger partial charge in [-0.05, 0) is 31.1 Å². The molecule has 0 saturated heterocycles. The molecule has 1 heteroatoms. The molecule has 1 aliphatic carbocycles. The van der Waals surface area contributed by atoms with Crippen LogP contribution in [0.25, 0.3) is 0 Å². The zero-order chi connectivity index (χ0) is 9.14. The molecule has 0 aromatic carbocycles. The highest BCUT2D eigenvalue weighted by Gasteiger charge is 2.26. The van der Waals surface area contributed by atoms with Gasteiger partial charge in [-0.3, -0.25) is 0 Å². The molecule has 0 bridgehead atoms. The first-order valence-corrected chi connectivity index (χ1v) is 5.69. The van der Waals surface area contributed by atoms with Crippen LogP contribution in [0.5, 0.6) is 0 Å². The van der Waals surface area contributed by atoms with Crippen molar-refractivity contribution >= 4 is 11.6 Å². The Bertz CT molecular complexity index is 131. The third kappa shape index (κ3) is 2.65. The Morgan fingerprint density at radius 1 is 1.25 bits per heavy atom. The first-order valence-electron chi connectivity index (χ1n) is 5.25. The molecule has 0 N–H and O–H groups in total. The molecule has 0 amide bonds. The van der Waals surface area contributed by atoms with Gasteiger partial charge in [-0.2, -0.15) is 0 Å². The van der Waals surface area contributed by atoms with Crippen molar-refractivity contribution in [3.63, 3.8) is 0 Å². The summed E-state index contributed by atoms with van der Waals surface area (Å²) in [6.45, 7) is 6.81. The van der Waals surface area contributed by atoms with E-state index in [1.807, 2.05) is 0 Å². The topological polar surface area (TPSA) is 0 Å². The molecule has 1 rings (SSSR count). The lowest BCUT2D eigenvalue weighted by Crippen LogP contribution is -2.24. The van der Waals surface area contributed by atoms with E-state index in [1.165, 1.54) is 25.7 Å². The van der Waals surface area contributed by atoms with Gasteiger partial charge in [-0.25, -0.2) is 0 Å². The number of alkyl halides is 1. The lowest BCUT2D eigenvalue weighted by Gasteiger charge is -2.32. The van der Waals surface area contributed by atoms with Gasteiger partial charge >= 0.3 is 0 Å². The second kappa shape index (κ2) is 4.50. The van der Waals surface area contributed by atoms with Crippen LogP contribution >= 0.6 is 11.6 Å². The highest BCUT2D eigenvalue weighted by Crippen LogP contribution is 2.35. The van der Waals surface area contributed by atoms with Crippen LogP contribution < -0.4 is 0 Å². The van der Waals surface area contributed by atoms with Crippen molar-refractivity contribution in [2.75, 3.05) is 0 Å². The summed E-state index contributed by atoms with van der Waals surface area (Å²) in [7, 11) is 0. The van der Waals surface area contributed by atoms with Crippen molar-refractivity contribution < 1.29 is 0 Å². The Morgan fingerprint density at radius 3 is 2.42 bits per heavy atom. The summed E-state index contributed by atoms with van der Waals surface area (Å²) in [5, 5.41) is 0.347. The molecule has 0 aliphatic heterocycles. The van der Waals surface area contributed by atoms with E-state index in [-0.39, 0.29) is 0 Å². The highest BCUT2D eigenvalue weighted by molar-refractivity contribution is 6.20. The van der Waals surface area contributed by atoms with Crippen LogP contribution in [-0.4, -0.2) is 5.38 Å². The summed E-state index contributed by atoms with van der Waals surface area (Å²) in [6, 6.07) is 0. The standard InChI is InChI=1S/C11H21Cl/c1-8-5-4-6-11(7-8)9(2)10(3)12/h8-11H,4-7H2,1-3H3. The molecule has 12 heavy (non-hydrogen) atoms. The fraction of sp³-hybridized carbons (Fsp3) is 1.00. The molecule has 0 heterocycles. The SMILES string of the molecule is CC1CCCC(C(C)C(C)Cl)C1. The van der Waals surface area contributed by atoms with Crippen molar-refractivity contribution in [1.82, 2.24) is 0 Å². The predicted molar refractivity (Wildman–Crippen MR) is 55.6 cm³/mol. The Kier molecular flexibility index (Phi) is 3.89. The van der Waals surface area contributed by atoms with Crippen molar-refractivity contribution in [2.45, 2.75) is 51.8 Å². The van der Waals surface area contributed by atoms with Gasteiger partial charge in [0.05, 0.1) is 0 Å². The smallest absolute Gasteiger partial charge is 0.0336 e. The molecule has 4 unspecified atom stereocenters. The zero-order valence-electron chi connectivity index (χ0n) is 8.52. The van der Waals surface area contributed by atoms with E-state index in [0.29, 0.717) is 11.3 Å². The van der Waals surface area contributed by atoms with Crippen LogP contribution in [0.3, 0.4) is 0 Å². The molecule has 0 radical (unpaired) electrons. The number of hydrogen-bond donors (Lipinski definition) is 0. The molecule has 0 aromatic rings. The van der Waals surface area contributed by atoms with E-state index < -0.39 is 0 Å². The summed E-state index contributed by atoms with van der Waals surface area (Å²) < 4.78 is 0. The molecule has 0 aromatic heterocycles. The third-order valence-electron chi connectivity index (χ3n) is 3.45. The second-order valence-electron chi connectivity index (χ2n) is 4.57. The molecule has 72 valence electrons. The van der Waals surface area contributed by atoms with E-state index in [9.17, 15) is 0 Å². The van der Waals surface area contributed by atoms with Gasteiger partial charge in [0.25, 0.3) is 0 Å². The molecule has 0 spiro atoms. The van der Waals surface area contributed by atoms with Gasteiger partial charge in [0.15, 0.2) is 0 Å². The van der Waals surface area contributed by atoms with Crippen molar-refractivity contribution in [3.8, 4) is 0 Å². The normalized spacial score (nSPS) is 36.0. The zero-order valence-corrected chi connectivity index (χ0v) is 9.27. The lowest BCUT2D eigenvalue weighted by molar-refractivity contribution is 0.213. The minimum atomic E-state index is 0.347. The molecule has 1 saturated carbocycles. The molecule has 1 fully saturated rings. The van der Waals surface area contributed by atoms with E-state index in [1.54, 1.807) is 0 Å². The van der Waals surface area contributed by atoms with Crippen molar-refractivity contribution in [2.24, 2.45) is 17.8 Å². The van der Waals surface area contributed by atoms with E-state index in [4.69, 9.17) is 11.6 Å². The lowest BCUT2D eigenvalue weighted by atomic mass is 9.75.